The van der Waals surface area contributed by atoms with Gasteiger partial charge in [0.05, 0.1) is 0 Å². The van der Waals surface area contributed by atoms with E-state index in [-0.39, 0.29) is 0 Å². The molecule has 0 saturated heterocycles. The van der Waals surface area contributed by atoms with Gasteiger partial charge in [0.1, 0.15) is 0 Å². The average Bonchev–Trinajstić information content (AvgIpc) is 1.85. The van der Waals surface area contributed by atoms with E-state index >= 15 is 0 Å². The Hall–Kier alpha value is -0.0900. The van der Waals surface area contributed by atoms with Gasteiger partial charge in [0, 0.05) is 0 Å². The van der Waals surface area contributed by atoms with Gasteiger partial charge in [0.15, 0.2) is 0 Å². The highest BCUT2D eigenvalue weighted by molar-refractivity contribution is 7.16. The molecule has 0 radical (unpaired) electrons. The minimum atomic E-state index is 1.06. The van der Waals surface area contributed by atoms with Gasteiger partial charge in [-0.25, -0.2) is 0 Å². The predicted molar refractivity (Wildman–Crippen MR) is 47.8 cm³/mol. The van der Waals surface area contributed by atoms with Gasteiger partial charge in [-0.3, -0.25) is 0 Å². The highest BCUT2D eigenvalue weighted by Gasteiger charge is 1.75. The molecule has 0 aliphatic carbocycles. The number of rotatable bonds is 3. The molecule has 0 nitrogen and oxygen atoms in total. The first-order chi connectivity index (χ1) is 4.31. The Morgan fingerprint density at radius 3 is 2.67 bits per heavy atom. The molecule has 0 aromatic heterocycles. The fourth-order valence-corrected chi connectivity index (χ4v) is 0.929. The van der Waals surface area contributed by atoms with Crippen molar-refractivity contribution >= 4 is 9.24 Å². The van der Waals surface area contributed by atoms with Gasteiger partial charge >= 0.3 is 0 Å². The van der Waals surface area contributed by atoms with E-state index in [1.165, 1.54) is 5.57 Å². The first kappa shape index (κ1) is 8.91. The second-order valence-corrected chi connectivity index (χ2v) is 2.47. The molecule has 1 atom stereocenters. The minimum absolute atomic E-state index is 1.06. The third kappa shape index (κ3) is 5.79. The summed E-state index contributed by atoms with van der Waals surface area (Å²) in [7, 11) is 2.68. The molecule has 0 rings (SSSR count). The van der Waals surface area contributed by atoms with Crippen molar-refractivity contribution in [3.63, 3.8) is 0 Å². The lowest BCUT2D eigenvalue weighted by Crippen LogP contribution is -1.68. The zero-order valence-corrected chi connectivity index (χ0v) is 7.38. The number of hydrogen-bond donors (Lipinski definition) is 0. The van der Waals surface area contributed by atoms with Crippen LogP contribution in [-0.4, -0.2) is 6.16 Å². The third-order valence-corrected chi connectivity index (χ3v) is 1.29. The first-order valence-electron chi connectivity index (χ1n) is 3.34. The molecule has 1 unspecified atom stereocenters. The fourth-order valence-electron chi connectivity index (χ4n) is 0.558. The Kier molecular flexibility index (Phi) is 5.98. The maximum absolute atomic E-state index is 2.68. The molecule has 0 spiro atoms. The molecule has 1 heteroatoms. The molecule has 0 aliphatic rings. The Labute approximate surface area is 60.2 Å². The van der Waals surface area contributed by atoms with Gasteiger partial charge in [0.2, 0.25) is 0 Å². The second-order valence-electron chi connectivity index (χ2n) is 1.99. The van der Waals surface area contributed by atoms with Gasteiger partial charge in [-0.2, -0.15) is 0 Å². The number of allylic oxidation sites excluding steroid dienone is 4. The Balaban J connectivity index is 3.60. The van der Waals surface area contributed by atoms with Gasteiger partial charge in [-0.05, 0) is 19.5 Å². The van der Waals surface area contributed by atoms with Crippen molar-refractivity contribution in [2.75, 3.05) is 6.16 Å². The summed E-state index contributed by atoms with van der Waals surface area (Å²) in [6, 6.07) is 0. The zero-order chi connectivity index (χ0) is 7.11. The monoisotopic (exact) mass is 142 g/mol. The molecular weight excluding hydrogens is 127 g/mol. The van der Waals surface area contributed by atoms with E-state index in [1.54, 1.807) is 0 Å². The van der Waals surface area contributed by atoms with Gasteiger partial charge in [-0.15, -0.1) is 9.24 Å². The molecule has 0 aliphatic heterocycles. The largest absolute Gasteiger partial charge is 0.134 e. The normalized spacial score (nSPS) is 13.0. The molecule has 9 heavy (non-hydrogen) atoms. The van der Waals surface area contributed by atoms with Crippen LogP contribution in [0.1, 0.15) is 20.3 Å². The summed E-state index contributed by atoms with van der Waals surface area (Å²) in [5, 5.41) is 0. The van der Waals surface area contributed by atoms with Crippen molar-refractivity contribution in [2.24, 2.45) is 0 Å². The van der Waals surface area contributed by atoms with E-state index in [0.29, 0.717) is 0 Å². The molecule has 0 heterocycles. The maximum atomic E-state index is 2.68. The molecular formula is C8H15P. The highest BCUT2D eigenvalue weighted by atomic mass is 31.0. The first-order valence-corrected chi connectivity index (χ1v) is 4.16. The van der Waals surface area contributed by atoms with Crippen LogP contribution in [-0.2, 0) is 0 Å². The standard InChI is InChI=1S/C8H15P/c1-3-4-5-8(2)6-7-9/h4-6H,3,7,9H2,1-2H3. The minimum Gasteiger partial charge on any atom is -0.134 e. The van der Waals surface area contributed by atoms with Crippen molar-refractivity contribution in [3.8, 4) is 0 Å². The van der Waals surface area contributed by atoms with E-state index in [2.05, 4.69) is 41.3 Å². The third-order valence-electron chi connectivity index (χ3n) is 1.06. The average molecular weight is 142 g/mol. The molecule has 0 amide bonds. The van der Waals surface area contributed by atoms with Crippen LogP contribution in [0.15, 0.2) is 23.8 Å². The molecule has 0 fully saturated rings. The van der Waals surface area contributed by atoms with E-state index in [9.17, 15) is 0 Å². The van der Waals surface area contributed by atoms with Crippen molar-refractivity contribution < 1.29 is 0 Å². The van der Waals surface area contributed by atoms with Crippen molar-refractivity contribution in [2.45, 2.75) is 20.3 Å². The van der Waals surface area contributed by atoms with Crippen molar-refractivity contribution in [3.05, 3.63) is 23.8 Å². The summed E-state index contributed by atoms with van der Waals surface area (Å²) in [5.74, 6) is 0. The molecule has 0 bridgehead atoms. The van der Waals surface area contributed by atoms with Crippen LogP contribution in [0.3, 0.4) is 0 Å². The SMILES string of the molecule is CCC=CC(C)=CCP. The second kappa shape index (κ2) is 6.04. The topological polar surface area (TPSA) is 0 Å². The summed E-state index contributed by atoms with van der Waals surface area (Å²) in [5.41, 5.74) is 1.35. The Bertz CT molecular complexity index is 112. The van der Waals surface area contributed by atoms with Gasteiger partial charge in [-0.1, -0.05) is 30.7 Å². The highest BCUT2D eigenvalue weighted by Crippen LogP contribution is 1.97. The Morgan fingerprint density at radius 1 is 1.56 bits per heavy atom. The quantitative estimate of drug-likeness (QED) is 0.420. The lowest BCUT2D eigenvalue weighted by Gasteiger charge is -1.87. The summed E-state index contributed by atoms with van der Waals surface area (Å²) >= 11 is 0. The zero-order valence-electron chi connectivity index (χ0n) is 6.22. The van der Waals surface area contributed by atoms with E-state index < -0.39 is 0 Å². The Morgan fingerprint density at radius 2 is 2.22 bits per heavy atom. The predicted octanol–water partition coefficient (Wildman–Crippen LogP) is 2.77. The van der Waals surface area contributed by atoms with Crippen molar-refractivity contribution in [1.82, 2.24) is 0 Å². The van der Waals surface area contributed by atoms with E-state index in [4.69, 9.17) is 0 Å². The van der Waals surface area contributed by atoms with Crippen LogP contribution in [0.4, 0.5) is 0 Å². The van der Waals surface area contributed by atoms with E-state index in [1.807, 2.05) is 0 Å². The molecule has 0 aromatic carbocycles. The molecule has 0 aromatic rings. The van der Waals surface area contributed by atoms with Crippen LogP contribution in [0.25, 0.3) is 0 Å². The van der Waals surface area contributed by atoms with Crippen LogP contribution in [0, 0.1) is 0 Å². The van der Waals surface area contributed by atoms with Crippen LogP contribution < -0.4 is 0 Å². The fraction of sp³-hybridized carbons (Fsp3) is 0.500. The lowest BCUT2D eigenvalue weighted by atomic mass is 10.2. The van der Waals surface area contributed by atoms with Gasteiger partial charge in [0.25, 0.3) is 0 Å². The van der Waals surface area contributed by atoms with Crippen molar-refractivity contribution in [1.29, 1.82) is 0 Å². The van der Waals surface area contributed by atoms with Crippen LogP contribution in [0.5, 0.6) is 0 Å². The summed E-state index contributed by atoms with van der Waals surface area (Å²) < 4.78 is 0. The summed E-state index contributed by atoms with van der Waals surface area (Å²) in [6.07, 6.45) is 8.70. The van der Waals surface area contributed by atoms with Gasteiger partial charge < -0.3 is 0 Å². The van der Waals surface area contributed by atoms with Crippen LogP contribution in [0.2, 0.25) is 0 Å². The van der Waals surface area contributed by atoms with Crippen LogP contribution >= 0.6 is 9.24 Å². The lowest BCUT2D eigenvalue weighted by molar-refractivity contribution is 1.22. The smallest absolute Gasteiger partial charge is 0.0194 e. The molecule has 52 valence electrons. The molecule has 0 N–H and O–H groups in total. The van der Waals surface area contributed by atoms with E-state index in [0.717, 1.165) is 12.6 Å². The summed E-state index contributed by atoms with van der Waals surface area (Å²) in [4.78, 5) is 0. The molecule has 0 saturated carbocycles. The summed E-state index contributed by atoms with van der Waals surface area (Å²) in [6.45, 7) is 4.26. The maximum Gasteiger partial charge on any atom is -0.0194 e. The number of hydrogen-bond acceptors (Lipinski definition) is 0.